The van der Waals surface area contributed by atoms with Gasteiger partial charge in [0.2, 0.25) is 5.91 Å². The van der Waals surface area contributed by atoms with E-state index in [2.05, 4.69) is 17.4 Å². The number of nitrogens with zero attached hydrogens (tertiary/aromatic N) is 2. The summed E-state index contributed by atoms with van der Waals surface area (Å²) in [4.78, 5) is 22.8. The Morgan fingerprint density at radius 2 is 1.53 bits per heavy atom. The fraction of sp³-hybridized carbons (Fsp3) is 0.207. The van der Waals surface area contributed by atoms with Crippen molar-refractivity contribution in [3.63, 3.8) is 0 Å². The minimum absolute atomic E-state index is 0.0388. The lowest BCUT2D eigenvalue weighted by Gasteiger charge is -2.21. The zero-order valence-electron chi connectivity index (χ0n) is 19.1. The van der Waals surface area contributed by atoms with Gasteiger partial charge in [0.05, 0.1) is 17.1 Å². The predicted molar refractivity (Wildman–Crippen MR) is 137 cm³/mol. The van der Waals surface area contributed by atoms with E-state index in [1.165, 1.54) is 11.1 Å². The van der Waals surface area contributed by atoms with E-state index in [1.807, 2.05) is 66.7 Å². The summed E-state index contributed by atoms with van der Waals surface area (Å²) in [5.41, 5.74) is 14.1. The van der Waals surface area contributed by atoms with Crippen molar-refractivity contribution < 1.29 is 4.79 Å². The van der Waals surface area contributed by atoms with Gasteiger partial charge in [0.1, 0.15) is 0 Å². The first-order valence-corrected chi connectivity index (χ1v) is 11.8. The Kier molecular flexibility index (Phi) is 6.34. The van der Waals surface area contributed by atoms with Crippen LogP contribution in [0.3, 0.4) is 0 Å². The second-order valence-electron chi connectivity index (χ2n) is 8.75. The normalized spacial score (nSPS) is 12.0. The van der Waals surface area contributed by atoms with Gasteiger partial charge in [0, 0.05) is 17.7 Å². The number of aromatic nitrogens is 2. The Labute approximate surface area is 200 Å². The number of carbonyl (C=O) groups is 1. The monoisotopic (exact) mass is 448 g/mol. The molecule has 0 radical (unpaired) electrons. The highest BCUT2D eigenvalue weighted by Crippen LogP contribution is 2.34. The third-order valence-corrected chi connectivity index (χ3v) is 6.29. The molecule has 0 aliphatic heterocycles. The van der Waals surface area contributed by atoms with Gasteiger partial charge in [-0.2, -0.15) is 0 Å². The molecule has 0 atom stereocenters. The summed E-state index contributed by atoms with van der Waals surface area (Å²) in [6.45, 7) is 0. The second kappa shape index (κ2) is 9.87. The SMILES string of the molecule is Nc1ccc2c(c1)CCc1nc(NC(=O)CCc3ccccc3)c(CCc3ccccc3)nc1-2. The van der Waals surface area contributed by atoms with Crippen LogP contribution in [-0.4, -0.2) is 15.9 Å². The number of nitrogen functional groups attached to an aromatic ring is 1. The number of nitrogens with two attached hydrogens (primary N) is 1. The van der Waals surface area contributed by atoms with Crippen molar-refractivity contribution in [3.8, 4) is 11.3 Å². The maximum Gasteiger partial charge on any atom is 0.225 e. The average Bonchev–Trinajstić information content (AvgIpc) is 2.87. The van der Waals surface area contributed by atoms with Crippen LogP contribution in [0, 0.1) is 0 Å². The Morgan fingerprint density at radius 1 is 0.824 bits per heavy atom. The largest absolute Gasteiger partial charge is 0.399 e. The molecule has 1 aliphatic carbocycles. The topological polar surface area (TPSA) is 80.9 Å². The number of aryl methyl sites for hydroxylation is 5. The molecule has 5 rings (SSSR count). The fourth-order valence-corrected chi connectivity index (χ4v) is 4.48. The summed E-state index contributed by atoms with van der Waals surface area (Å²) in [7, 11) is 0. The minimum Gasteiger partial charge on any atom is -0.399 e. The number of nitrogens with one attached hydrogen (secondary N) is 1. The number of carbonyl (C=O) groups excluding carboxylic acids is 1. The summed E-state index contributed by atoms with van der Waals surface area (Å²) >= 11 is 0. The van der Waals surface area contributed by atoms with Gasteiger partial charge in [0.15, 0.2) is 5.82 Å². The van der Waals surface area contributed by atoms with Crippen molar-refractivity contribution in [1.82, 2.24) is 9.97 Å². The van der Waals surface area contributed by atoms with Gasteiger partial charge >= 0.3 is 0 Å². The molecule has 0 fully saturated rings. The quantitative estimate of drug-likeness (QED) is 0.382. The van der Waals surface area contributed by atoms with Crippen molar-refractivity contribution in [1.29, 1.82) is 0 Å². The van der Waals surface area contributed by atoms with Crippen LogP contribution in [0.4, 0.5) is 11.5 Å². The second-order valence-corrected chi connectivity index (χ2v) is 8.75. The highest BCUT2D eigenvalue weighted by atomic mass is 16.1. The highest BCUT2D eigenvalue weighted by molar-refractivity contribution is 5.90. The summed E-state index contributed by atoms with van der Waals surface area (Å²) in [6, 6.07) is 26.4. The summed E-state index contributed by atoms with van der Waals surface area (Å²) < 4.78 is 0. The van der Waals surface area contributed by atoms with Gasteiger partial charge in [-0.1, -0.05) is 66.7 Å². The first-order valence-electron chi connectivity index (χ1n) is 11.8. The molecule has 0 bridgehead atoms. The summed E-state index contributed by atoms with van der Waals surface area (Å²) in [6.07, 6.45) is 4.28. The smallest absolute Gasteiger partial charge is 0.225 e. The predicted octanol–water partition coefficient (Wildman–Crippen LogP) is 5.18. The Bertz CT molecular complexity index is 1300. The van der Waals surface area contributed by atoms with Gasteiger partial charge < -0.3 is 11.1 Å². The molecule has 170 valence electrons. The van der Waals surface area contributed by atoms with Crippen molar-refractivity contribution >= 4 is 17.4 Å². The van der Waals surface area contributed by atoms with Gasteiger partial charge in [-0.05, 0) is 60.9 Å². The molecule has 5 heteroatoms. The van der Waals surface area contributed by atoms with Gasteiger partial charge in [-0.25, -0.2) is 9.97 Å². The van der Waals surface area contributed by atoms with Crippen LogP contribution in [0.5, 0.6) is 0 Å². The highest BCUT2D eigenvalue weighted by Gasteiger charge is 2.22. The molecular formula is C29H28N4O. The Hall–Kier alpha value is -3.99. The van der Waals surface area contributed by atoms with E-state index in [0.29, 0.717) is 25.1 Å². The molecule has 1 heterocycles. The van der Waals surface area contributed by atoms with Gasteiger partial charge in [0.25, 0.3) is 0 Å². The molecule has 1 aromatic heterocycles. The molecule has 1 aliphatic rings. The number of hydrogen-bond donors (Lipinski definition) is 2. The van der Waals surface area contributed by atoms with E-state index in [-0.39, 0.29) is 5.91 Å². The molecule has 5 nitrogen and oxygen atoms in total. The van der Waals surface area contributed by atoms with Crippen LogP contribution >= 0.6 is 0 Å². The van der Waals surface area contributed by atoms with E-state index in [0.717, 1.165) is 53.2 Å². The molecule has 0 saturated carbocycles. The van der Waals surface area contributed by atoms with Crippen LogP contribution in [0.2, 0.25) is 0 Å². The maximum absolute atomic E-state index is 12.8. The first-order chi connectivity index (χ1) is 16.7. The number of amides is 1. The summed E-state index contributed by atoms with van der Waals surface area (Å²) in [5, 5.41) is 3.07. The molecular weight excluding hydrogens is 420 g/mol. The molecule has 4 aromatic rings. The first kappa shape index (κ1) is 21.8. The molecule has 0 saturated heterocycles. The lowest BCUT2D eigenvalue weighted by Crippen LogP contribution is -2.19. The van der Waals surface area contributed by atoms with Crippen LogP contribution in [0.25, 0.3) is 11.3 Å². The minimum atomic E-state index is -0.0388. The summed E-state index contributed by atoms with van der Waals surface area (Å²) in [5.74, 6) is 0.551. The molecule has 0 unspecified atom stereocenters. The van der Waals surface area contributed by atoms with Crippen LogP contribution in [-0.2, 0) is 36.9 Å². The van der Waals surface area contributed by atoms with Crippen molar-refractivity contribution in [2.75, 3.05) is 11.1 Å². The number of fused-ring (bicyclic) bond motifs is 3. The molecule has 34 heavy (non-hydrogen) atoms. The fourth-order valence-electron chi connectivity index (χ4n) is 4.48. The van der Waals surface area contributed by atoms with E-state index < -0.39 is 0 Å². The van der Waals surface area contributed by atoms with Crippen molar-refractivity contribution in [2.24, 2.45) is 0 Å². The van der Waals surface area contributed by atoms with E-state index >= 15 is 0 Å². The molecule has 3 N–H and O–H groups in total. The van der Waals surface area contributed by atoms with Crippen molar-refractivity contribution in [3.05, 3.63) is 107 Å². The number of hydrogen-bond acceptors (Lipinski definition) is 4. The molecule has 0 spiro atoms. The average molecular weight is 449 g/mol. The van der Waals surface area contributed by atoms with E-state index in [9.17, 15) is 4.79 Å². The van der Waals surface area contributed by atoms with Gasteiger partial charge in [-0.15, -0.1) is 0 Å². The Morgan fingerprint density at radius 3 is 2.26 bits per heavy atom. The zero-order chi connectivity index (χ0) is 23.3. The third-order valence-electron chi connectivity index (χ3n) is 6.29. The lowest BCUT2D eigenvalue weighted by atomic mass is 9.91. The number of rotatable bonds is 7. The standard InChI is InChI=1S/C29H28N4O/c30-23-14-15-24-22(19-23)13-17-25-28(24)31-26(16-11-20-7-3-1-4-8-20)29(32-25)33-27(34)18-12-21-9-5-2-6-10-21/h1-10,14-15,19H,11-13,16-18,30H2,(H,32,33,34). The van der Waals surface area contributed by atoms with E-state index in [4.69, 9.17) is 15.7 Å². The van der Waals surface area contributed by atoms with Crippen molar-refractivity contribution in [2.45, 2.75) is 38.5 Å². The number of benzene rings is 3. The lowest BCUT2D eigenvalue weighted by molar-refractivity contribution is -0.116. The van der Waals surface area contributed by atoms with Crippen LogP contribution < -0.4 is 11.1 Å². The zero-order valence-corrected chi connectivity index (χ0v) is 19.1. The van der Waals surface area contributed by atoms with Crippen LogP contribution in [0.15, 0.2) is 78.9 Å². The third kappa shape index (κ3) is 4.99. The number of anilines is 2. The van der Waals surface area contributed by atoms with Crippen LogP contribution in [0.1, 0.15) is 34.5 Å². The van der Waals surface area contributed by atoms with Gasteiger partial charge in [-0.3, -0.25) is 4.79 Å². The molecule has 1 amide bonds. The molecule has 3 aromatic carbocycles. The maximum atomic E-state index is 12.8. The van der Waals surface area contributed by atoms with E-state index in [1.54, 1.807) is 0 Å². The Balaban J connectivity index is 1.42.